The Bertz CT molecular complexity index is 2030. The number of quaternary nitrogens is 1. The topological polar surface area (TPSA) is 108 Å². The number of esters is 2. The molecule has 1 N–H and O–H groups in total. The maximum absolute atomic E-state index is 12.9. The number of hydrogen-bond donors (Lipinski definition) is 1. The van der Waals surface area contributed by atoms with Crippen molar-refractivity contribution in [3.05, 3.63) is 146 Å². The molecule has 92 heavy (non-hydrogen) atoms. The molecule has 0 aliphatic rings. The van der Waals surface area contributed by atoms with Crippen LogP contribution in [0.5, 0.6) is 0 Å². The van der Waals surface area contributed by atoms with E-state index in [1.165, 1.54) is 161 Å². The van der Waals surface area contributed by atoms with E-state index < -0.39 is 24.3 Å². The summed E-state index contributed by atoms with van der Waals surface area (Å²) in [6.07, 6.45) is 103. The van der Waals surface area contributed by atoms with Crippen LogP contribution in [0.15, 0.2) is 146 Å². The zero-order valence-corrected chi connectivity index (χ0v) is 59.9. The normalized spacial score (nSPS) is 13.5. The van der Waals surface area contributed by atoms with E-state index in [9.17, 15) is 19.5 Å². The van der Waals surface area contributed by atoms with Crippen LogP contribution in [0.1, 0.15) is 303 Å². The number of ether oxygens (including phenoxy) is 4. The van der Waals surface area contributed by atoms with Crippen molar-refractivity contribution >= 4 is 17.9 Å². The number of aliphatic carboxylic acids is 1. The Labute approximate surface area is 566 Å². The van der Waals surface area contributed by atoms with E-state index in [4.69, 9.17) is 18.9 Å². The zero-order chi connectivity index (χ0) is 66.8. The summed E-state index contributed by atoms with van der Waals surface area (Å²) in [6, 6.07) is 0. The van der Waals surface area contributed by atoms with Gasteiger partial charge < -0.3 is 28.5 Å². The van der Waals surface area contributed by atoms with Gasteiger partial charge in [-0.3, -0.25) is 9.59 Å². The van der Waals surface area contributed by atoms with E-state index in [1.807, 2.05) is 21.1 Å². The van der Waals surface area contributed by atoms with Gasteiger partial charge in [0.2, 0.25) is 0 Å². The van der Waals surface area contributed by atoms with Gasteiger partial charge in [-0.05, 0) is 103 Å². The molecule has 0 aromatic rings. The van der Waals surface area contributed by atoms with Crippen molar-refractivity contribution in [3.63, 3.8) is 0 Å². The van der Waals surface area contributed by atoms with Crippen molar-refractivity contribution in [3.8, 4) is 0 Å². The van der Waals surface area contributed by atoms with Gasteiger partial charge >= 0.3 is 17.9 Å². The molecule has 0 bridgehead atoms. The third-order valence-corrected chi connectivity index (χ3v) is 15.9. The third kappa shape index (κ3) is 72.6. The van der Waals surface area contributed by atoms with Crippen LogP contribution in [-0.4, -0.2) is 87.4 Å². The maximum atomic E-state index is 12.9. The fraction of sp³-hybridized carbons (Fsp3) is 0.675. The second kappa shape index (κ2) is 72.0. The summed E-state index contributed by atoms with van der Waals surface area (Å²) in [7, 11) is 5.96. The molecule has 0 amide bonds. The predicted octanol–water partition coefficient (Wildman–Crippen LogP) is 23.9. The van der Waals surface area contributed by atoms with Gasteiger partial charge in [-0.25, -0.2) is 4.79 Å². The Balaban J connectivity index is 4.21. The number of nitrogens with zero attached hydrogens (tertiary/aromatic N) is 1. The van der Waals surface area contributed by atoms with E-state index in [2.05, 4.69) is 160 Å². The lowest BCUT2D eigenvalue weighted by molar-refractivity contribution is -0.870. The number of carbonyl (C=O) groups excluding carboxylic acids is 2. The molecule has 524 valence electrons. The molecule has 0 heterocycles. The summed E-state index contributed by atoms with van der Waals surface area (Å²) in [5, 5.41) is 9.75. The number of allylic oxidation sites excluding steroid dienone is 24. The Morgan fingerprint density at radius 3 is 0.924 bits per heavy atom. The van der Waals surface area contributed by atoms with Crippen LogP contribution in [0.3, 0.4) is 0 Å². The molecule has 9 nitrogen and oxygen atoms in total. The second-order valence-electron chi connectivity index (χ2n) is 25.9. The monoisotopic (exact) mass is 1280 g/mol. The lowest BCUT2D eigenvalue weighted by atomic mass is 10.0. The Kier molecular flexibility index (Phi) is 68.2. The van der Waals surface area contributed by atoms with Crippen molar-refractivity contribution in [2.24, 2.45) is 0 Å². The molecular weight excluding hydrogens is 1140 g/mol. The van der Waals surface area contributed by atoms with Crippen LogP contribution in [0.2, 0.25) is 0 Å². The van der Waals surface area contributed by atoms with Gasteiger partial charge in [-0.2, -0.15) is 0 Å². The highest BCUT2D eigenvalue weighted by atomic mass is 16.7. The predicted molar refractivity (Wildman–Crippen MR) is 396 cm³/mol. The number of likely N-dealkylation sites (N-methyl/N-ethyl adjacent to an activating group) is 1. The van der Waals surface area contributed by atoms with E-state index in [0.29, 0.717) is 17.4 Å². The Hall–Kier alpha value is -4.83. The molecule has 0 spiro atoms. The minimum absolute atomic E-state index is 0.173. The smallest absolute Gasteiger partial charge is 0.361 e. The third-order valence-electron chi connectivity index (χ3n) is 15.9. The fourth-order valence-electron chi connectivity index (χ4n) is 10.2. The first-order chi connectivity index (χ1) is 45.1. The van der Waals surface area contributed by atoms with E-state index in [-0.39, 0.29) is 38.6 Å². The molecule has 0 fully saturated rings. The molecule has 0 saturated carbocycles. The van der Waals surface area contributed by atoms with Gasteiger partial charge in [-0.1, -0.05) is 333 Å². The van der Waals surface area contributed by atoms with Gasteiger partial charge in [0.05, 0.1) is 34.4 Å². The van der Waals surface area contributed by atoms with Crippen LogP contribution < -0.4 is 0 Å². The summed E-state index contributed by atoms with van der Waals surface area (Å²) in [5.41, 5.74) is 0. The van der Waals surface area contributed by atoms with Crippen LogP contribution in [0, 0.1) is 0 Å². The maximum Gasteiger partial charge on any atom is 0.361 e. The standard InChI is InChI=1S/C83H139NO8/c1-6-8-10-12-14-16-18-20-22-24-26-28-30-32-34-36-37-38-39-40-41-42-43-44-45-46-48-50-52-54-56-58-60-62-64-66-68-70-72-74-81(86)92-79(78-91-83(82(87)88)89-76-75-84(3,4)5)77-90-80(85)73-71-69-67-65-63-61-59-57-55-53-51-49-47-35-33-31-29-27-25-23-21-19-17-15-13-11-9-7-2/h8,10,14,16,20,22,26,28,32,34,37-38,40-41,43-44,46,48,52,54,58,60,64,66,79,83H,6-7,9,11-13,15,17-19,21,23-25,27,29-31,33,35-36,39,42,45,47,49-51,53,55-57,59,61-63,65,67-78H2,1-5H3/p+1/b10-8-,16-14-,22-20-,28-26-,34-32-,38-37-,41-40-,44-43-,48-46-,54-52-,60-58-,66-64-. The van der Waals surface area contributed by atoms with Crippen molar-refractivity contribution < 1.29 is 42.9 Å². The molecule has 9 heteroatoms. The average molecular weight is 1280 g/mol. The number of carbonyl (C=O) groups is 3. The van der Waals surface area contributed by atoms with Gasteiger partial charge in [0.25, 0.3) is 6.29 Å². The van der Waals surface area contributed by atoms with Gasteiger partial charge in [-0.15, -0.1) is 0 Å². The molecule has 0 radical (unpaired) electrons. The van der Waals surface area contributed by atoms with E-state index in [1.54, 1.807) is 0 Å². The summed E-state index contributed by atoms with van der Waals surface area (Å²) >= 11 is 0. The molecule has 0 saturated heterocycles. The molecular formula is C83H140NO8+. The first-order valence-corrected chi connectivity index (χ1v) is 37.5. The Morgan fingerprint density at radius 1 is 0.337 bits per heavy atom. The number of hydrogen-bond acceptors (Lipinski definition) is 7. The van der Waals surface area contributed by atoms with Crippen molar-refractivity contribution in [2.45, 2.75) is 315 Å². The molecule has 0 aliphatic heterocycles. The fourth-order valence-corrected chi connectivity index (χ4v) is 10.2. The number of unbranched alkanes of at least 4 members (excludes halogenated alkanes) is 29. The highest BCUT2D eigenvalue weighted by molar-refractivity contribution is 5.71. The van der Waals surface area contributed by atoms with Crippen molar-refractivity contribution in [1.29, 1.82) is 0 Å². The van der Waals surface area contributed by atoms with Crippen LogP contribution >= 0.6 is 0 Å². The van der Waals surface area contributed by atoms with Crippen LogP contribution in [-0.2, 0) is 33.3 Å². The van der Waals surface area contributed by atoms with Crippen LogP contribution in [0.25, 0.3) is 0 Å². The SMILES string of the molecule is CC/C=C\C/C=C\C/C=C\C/C=C\C/C=C\C/C=C\C/C=C\C/C=C\C/C=C\C/C=C\C/C=C\C/C=C\CCCCC(=O)OC(COC(=O)CCCCCCCCCCCCCCCCCCCCCCCCCCCCCC)COC(OCC[N+](C)(C)C)C(=O)O. The summed E-state index contributed by atoms with van der Waals surface area (Å²) in [5.74, 6) is -2.07. The molecule has 2 atom stereocenters. The number of carboxylic acids is 1. The molecule has 2 unspecified atom stereocenters. The van der Waals surface area contributed by atoms with Crippen molar-refractivity contribution in [2.75, 3.05) is 47.5 Å². The molecule has 0 aliphatic carbocycles. The minimum atomic E-state index is -1.53. The summed E-state index contributed by atoms with van der Waals surface area (Å²) in [4.78, 5) is 37.6. The molecule has 0 aromatic heterocycles. The lowest BCUT2D eigenvalue weighted by Gasteiger charge is -2.25. The largest absolute Gasteiger partial charge is 0.477 e. The zero-order valence-electron chi connectivity index (χ0n) is 59.9. The molecule has 0 rings (SSSR count). The summed E-state index contributed by atoms with van der Waals surface area (Å²) in [6.45, 7) is 4.73. The van der Waals surface area contributed by atoms with Gasteiger partial charge in [0.1, 0.15) is 13.2 Å². The highest BCUT2D eigenvalue weighted by Crippen LogP contribution is 2.18. The quantitative estimate of drug-likeness (QED) is 0.0211. The average Bonchev–Trinajstić information content (AvgIpc) is 3.75. The van der Waals surface area contributed by atoms with E-state index >= 15 is 0 Å². The van der Waals surface area contributed by atoms with Gasteiger partial charge in [0.15, 0.2) is 6.10 Å². The highest BCUT2D eigenvalue weighted by Gasteiger charge is 2.25. The first-order valence-electron chi connectivity index (χ1n) is 37.5. The summed E-state index contributed by atoms with van der Waals surface area (Å²) < 4.78 is 22.9. The van der Waals surface area contributed by atoms with Crippen molar-refractivity contribution in [1.82, 2.24) is 0 Å². The second-order valence-corrected chi connectivity index (χ2v) is 25.9. The van der Waals surface area contributed by atoms with Crippen LogP contribution in [0.4, 0.5) is 0 Å². The molecule has 0 aromatic carbocycles. The van der Waals surface area contributed by atoms with E-state index in [0.717, 1.165) is 109 Å². The minimum Gasteiger partial charge on any atom is -0.477 e. The first kappa shape index (κ1) is 87.2. The Morgan fingerprint density at radius 2 is 0.620 bits per heavy atom. The number of carboxylic acid groups (broad SMARTS) is 1. The lowest BCUT2D eigenvalue weighted by Crippen LogP contribution is -2.40. The number of rotatable bonds is 68. The van der Waals surface area contributed by atoms with Gasteiger partial charge in [0, 0.05) is 12.8 Å².